The summed E-state index contributed by atoms with van der Waals surface area (Å²) < 4.78 is 7.55. The first-order chi connectivity index (χ1) is 8.61. The van der Waals surface area contributed by atoms with Gasteiger partial charge in [0.1, 0.15) is 0 Å². The predicted octanol–water partition coefficient (Wildman–Crippen LogP) is 3.12. The van der Waals surface area contributed by atoms with Crippen molar-refractivity contribution in [2.24, 2.45) is 0 Å². The summed E-state index contributed by atoms with van der Waals surface area (Å²) >= 11 is 3.40. The fourth-order valence-electron chi connectivity index (χ4n) is 1.65. The maximum Gasteiger partial charge on any atom is 0.357 e. The number of carbonyl (C=O) groups is 1. The molecule has 0 unspecified atom stereocenters. The van der Waals surface area contributed by atoms with Gasteiger partial charge in [-0.3, -0.25) is 0 Å². The minimum absolute atomic E-state index is 0.349. The van der Waals surface area contributed by atoms with Gasteiger partial charge in [0.2, 0.25) is 0 Å². The van der Waals surface area contributed by atoms with Gasteiger partial charge < -0.3 is 4.74 Å². The van der Waals surface area contributed by atoms with Gasteiger partial charge in [-0.2, -0.15) is 5.10 Å². The van der Waals surface area contributed by atoms with Gasteiger partial charge >= 0.3 is 5.97 Å². The van der Waals surface area contributed by atoms with Crippen LogP contribution in [-0.2, 0) is 4.74 Å². The van der Waals surface area contributed by atoms with E-state index in [0.717, 1.165) is 15.9 Å². The van der Waals surface area contributed by atoms with Gasteiger partial charge in [0.25, 0.3) is 0 Å². The van der Waals surface area contributed by atoms with Gasteiger partial charge in [-0.05, 0) is 38.1 Å². The molecule has 0 saturated carbocycles. The number of hydrogen-bond acceptors (Lipinski definition) is 3. The lowest BCUT2D eigenvalue weighted by Gasteiger charge is -2.07. The molecule has 0 atom stereocenters. The van der Waals surface area contributed by atoms with Crippen LogP contribution in [0.2, 0.25) is 0 Å². The molecule has 0 fully saturated rings. The Hall–Kier alpha value is -1.62. The van der Waals surface area contributed by atoms with E-state index in [1.165, 1.54) is 0 Å². The third kappa shape index (κ3) is 2.61. The molecule has 0 amide bonds. The summed E-state index contributed by atoms with van der Waals surface area (Å²) in [4.78, 5) is 11.8. The fourth-order valence-corrected chi connectivity index (χ4v) is 2.04. The van der Waals surface area contributed by atoms with Crippen LogP contribution >= 0.6 is 15.9 Å². The van der Waals surface area contributed by atoms with Crippen molar-refractivity contribution in [3.63, 3.8) is 0 Å². The summed E-state index contributed by atoms with van der Waals surface area (Å²) in [7, 11) is 0. The monoisotopic (exact) mass is 308 g/mol. The number of benzene rings is 1. The second-order valence-electron chi connectivity index (χ2n) is 3.78. The maximum atomic E-state index is 11.8. The molecule has 1 aromatic heterocycles. The van der Waals surface area contributed by atoms with Crippen LogP contribution in [0.25, 0.3) is 5.69 Å². The summed E-state index contributed by atoms with van der Waals surface area (Å²) in [6, 6.07) is 9.32. The van der Waals surface area contributed by atoms with E-state index in [0.29, 0.717) is 12.3 Å². The van der Waals surface area contributed by atoms with Gasteiger partial charge in [-0.25, -0.2) is 9.48 Å². The van der Waals surface area contributed by atoms with Crippen molar-refractivity contribution in [3.8, 4) is 5.69 Å². The van der Waals surface area contributed by atoms with Crippen molar-refractivity contribution >= 4 is 21.9 Å². The molecule has 0 aliphatic rings. The first kappa shape index (κ1) is 12.8. The van der Waals surface area contributed by atoms with Crippen LogP contribution in [0.1, 0.15) is 23.1 Å². The number of hydrogen-bond donors (Lipinski definition) is 0. The van der Waals surface area contributed by atoms with Crippen molar-refractivity contribution in [2.75, 3.05) is 6.61 Å². The largest absolute Gasteiger partial charge is 0.461 e. The first-order valence-electron chi connectivity index (χ1n) is 5.61. The molecular formula is C13H13BrN2O2. The number of ether oxygens (including phenoxy) is 1. The van der Waals surface area contributed by atoms with Gasteiger partial charge in [0.05, 0.1) is 18.0 Å². The van der Waals surface area contributed by atoms with Crippen molar-refractivity contribution in [2.45, 2.75) is 13.8 Å². The van der Waals surface area contributed by atoms with Gasteiger partial charge in [-0.15, -0.1) is 0 Å². The molecular weight excluding hydrogens is 296 g/mol. The molecule has 0 radical (unpaired) electrons. The Morgan fingerprint density at radius 3 is 2.89 bits per heavy atom. The van der Waals surface area contributed by atoms with Crippen LogP contribution in [-0.4, -0.2) is 22.4 Å². The van der Waals surface area contributed by atoms with E-state index in [-0.39, 0.29) is 5.97 Å². The molecule has 4 nitrogen and oxygen atoms in total. The highest BCUT2D eigenvalue weighted by molar-refractivity contribution is 9.10. The average molecular weight is 309 g/mol. The molecule has 0 aliphatic carbocycles. The highest BCUT2D eigenvalue weighted by Gasteiger charge is 2.16. The van der Waals surface area contributed by atoms with E-state index >= 15 is 0 Å². The first-order valence-corrected chi connectivity index (χ1v) is 6.41. The normalized spacial score (nSPS) is 10.4. The Morgan fingerprint density at radius 2 is 2.22 bits per heavy atom. The zero-order chi connectivity index (χ0) is 13.1. The third-order valence-corrected chi connectivity index (χ3v) is 2.86. The van der Waals surface area contributed by atoms with Crippen LogP contribution in [0, 0.1) is 6.92 Å². The molecule has 1 aromatic carbocycles. The van der Waals surface area contributed by atoms with Gasteiger partial charge in [0.15, 0.2) is 5.69 Å². The fraction of sp³-hybridized carbons (Fsp3) is 0.231. The van der Waals surface area contributed by atoms with Crippen molar-refractivity contribution in [3.05, 3.63) is 46.2 Å². The standard InChI is InChI=1S/C13H13BrN2O2/c1-3-18-13(17)12-7-9(2)15-16(12)11-6-4-5-10(14)8-11/h4-8H,3H2,1-2H3. The maximum absolute atomic E-state index is 11.8. The quantitative estimate of drug-likeness (QED) is 0.818. The Labute approximate surface area is 114 Å². The van der Waals surface area contributed by atoms with E-state index in [4.69, 9.17) is 4.74 Å². The third-order valence-electron chi connectivity index (χ3n) is 2.37. The number of esters is 1. The second kappa shape index (κ2) is 5.35. The van der Waals surface area contributed by atoms with Crippen LogP contribution in [0.4, 0.5) is 0 Å². The van der Waals surface area contributed by atoms with E-state index < -0.39 is 0 Å². The number of nitrogens with zero attached hydrogens (tertiary/aromatic N) is 2. The molecule has 1 heterocycles. The Morgan fingerprint density at radius 1 is 1.44 bits per heavy atom. The lowest BCUT2D eigenvalue weighted by atomic mass is 10.3. The van der Waals surface area contributed by atoms with Crippen molar-refractivity contribution in [1.29, 1.82) is 0 Å². The number of aryl methyl sites for hydroxylation is 1. The highest BCUT2D eigenvalue weighted by Crippen LogP contribution is 2.18. The molecule has 94 valence electrons. The van der Waals surface area contributed by atoms with E-state index in [1.807, 2.05) is 31.2 Å². The molecule has 0 saturated heterocycles. The topological polar surface area (TPSA) is 44.1 Å². The van der Waals surface area contributed by atoms with Crippen LogP contribution in [0.15, 0.2) is 34.8 Å². The van der Waals surface area contributed by atoms with E-state index in [9.17, 15) is 4.79 Å². The number of rotatable bonds is 3. The molecule has 5 heteroatoms. The Bertz CT molecular complexity index is 578. The number of aromatic nitrogens is 2. The van der Waals surface area contributed by atoms with Crippen LogP contribution < -0.4 is 0 Å². The van der Waals surface area contributed by atoms with Crippen molar-refractivity contribution < 1.29 is 9.53 Å². The van der Waals surface area contributed by atoms with Gasteiger partial charge in [0, 0.05) is 4.47 Å². The SMILES string of the molecule is CCOC(=O)c1cc(C)nn1-c1cccc(Br)c1. The molecule has 0 spiro atoms. The zero-order valence-electron chi connectivity index (χ0n) is 10.2. The molecule has 0 aliphatic heterocycles. The zero-order valence-corrected chi connectivity index (χ0v) is 11.8. The van der Waals surface area contributed by atoms with Crippen molar-refractivity contribution in [1.82, 2.24) is 9.78 Å². The Kier molecular flexibility index (Phi) is 3.81. The number of halogens is 1. The number of carbonyl (C=O) groups excluding carboxylic acids is 1. The second-order valence-corrected chi connectivity index (χ2v) is 4.70. The average Bonchev–Trinajstić information content (AvgIpc) is 2.72. The van der Waals surface area contributed by atoms with E-state index in [2.05, 4.69) is 21.0 Å². The molecule has 0 bridgehead atoms. The smallest absolute Gasteiger partial charge is 0.357 e. The van der Waals surface area contributed by atoms with Crippen LogP contribution in [0.3, 0.4) is 0 Å². The molecule has 0 N–H and O–H groups in total. The highest BCUT2D eigenvalue weighted by atomic mass is 79.9. The predicted molar refractivity (Wildman–Crippen MR) is 72.0 cm³/mol. The summed E-state index contributed by atoms with van der Waals surface area (Å²) in [6.07, 6.45) is 0. The van der Waals surface area contributed by atoms with Gasteiger partial charge in [-0.1, -0.05) is 22.0 Å². The van der Waals surface area contributed by atoms with E-state index in [1.54, 1.807) is 17.7 Å². The lowest BCUT2D eigenvalue weighted by molar-refractivity contribution is 0.0515. The summed E-state index contributed by atoms with van der Waals surface area (Å²) in [6.45, 7) is 3.98. The minimum atomic E-state index is -0.363. The molecule has 2 aromatic rings. The Balaban J connectivity index is 2.47. The summed E-state index contributed by atoms with van der Waals surface area (Å²) in [5.74, 6) is -0.363. The molecule has 2 rings (SSSR count). The summed E-state index contributed by atoms with van der Waals surface area (Å²) in [5.41, 5.74) is 2.03. The molecule has 18 heavy (non-hydrogen) atoms. The van der Waals surface area contributed by atoms with Crippen LogP contribution in [0.5, 0.6) is 0 Å². The summed E-state index contributed by atoms with van der Waals surface area (Å²) in [5, 5.41) is 4.32. The minimum Gasteiger partial charge on any atom is -0.461 e. The lowest BCUT2D eigenvalue weighted by Crippen LogP contribution is -2.11.